The maximum Gasteiger partial charge on any atom is 0.220 e. The van der Waals surface area contributed by atoms with Crippen molar-refractivity contribution in [1.29, 1.82) is 0 Å². The summed E-state index contributed by atoms with van der Waals surface area (Å²) in [6, 6.07) is 6.01. The molecular formula is C20H30N2O2. The summed E-state index contributed by atoms with van der Waals surface area (Å²) in [6.07, 6.45) is 6.66. The van der Waals surface area contributed by atoms with Crippen LogP contribution in [-0.2, 0) is 17.6 Å². The number of nitrogens with two attached hydrogens (primary N) is 1. The standard InChI is InChI=1S/C20H30N2O2/c1-3-20(4-2,14-21)22-19(24)12-11-18(23)17-10-9-15-7-5-6-8-16(15)13-17/h9-10,13H,3-8,11-12,14,21H2,1-2H3,(H,22,24). The second-order valence-electron chi connectivity index (χ2n) is 6.85. The highest BCUT2D eigenvalue weighted by Crippen LogP contribution is 2.23. The van der Waals surface area contributed by atoms with Gasteiger partial charge in [0.25, 0.3) is 0 Å². The number of ketones is 1. The monoisotopic (exact) mass is 330 g/mol. The fourth-order valence-corrected chi connectivity index (χ4v) is 3.40. The van der Waals surface area contributed by atoms with Gasteiger partial charge in [-0.15, -0.1) is 0 Å². The van der Waals surface area contributed by atoms with Crippen LogP contribution < -0.4 is 11.1 Å². The van der Waals surface area contributed by atoms with Crippen LogP contribution >= 0.6 is 0 Å². The zero-order chi connectivity index (χ0) is 17.6. The summed E-state index contributed by atoms with van der Waals surface area (Å²) in [7, 11) is 0. The highest BCUT2D eigenvalue weighted by atomic mass is 16.2. The van der Waals surface area contributed by atoms with Gasteiger partial charge in [-0.05, 0) is 55.7 Å². The van der Waals surface area contributed by atoms with Gasteiger partial charge in [-0.1, -0.05) is 26.0 Å². The molecule has 0 unspecified atom stereocenters. The van der Waals surface area contributed by atoms with Gasteiger partial charge < -0.3 is 11.1 Å². The average Bonchev–Trinajstić information content (AvgIpc) is 2.64. The van der Waals surface area contributed by atoms with E-state index in [1.165, 1.54) is 24.0 Å². The van der Waals surface area contributed by atoms with E-state index in [9.17, 15) is 9.59 Å². The maximum absolute atomic E-state index is 12.4. The first-order valence-electron chi connectivity index (χ1n) is 9.19. The van der Waals surface area contributed by atoms with E-state index in [-0.39, 0.29) is 30.1 Å². The SMILES string of the molecule is CCC(CC)(CN)NC(=O)CCC(=O)c1ccc2c(c1)CCCC2. The van der Waals surface area contributed by atoms with Crippen molar-refractivity contribution in [3.8, 4) is 0 Å². The molecule has 24 heavy (non-hydrogen) atoms. The van der Waals surface area contributed by atoms with Crippen LogP contribution in [0.1, 0.15) is 73.9 Å². The summed E-state index contributed by atoms with van der Waals surface area (Å²) in [5.74, 6) is -0.0414. The predicted molar refractivity (Wildman–Crippen MR) is 97.2 cm³/mol. The van der Waals surface area contributed by atoms with Gasteiger partial charge in [-0.3, -0.25) is 9.59 Å². The normalized spacial score (nSPS) is 14.1. The third-order valence-electron chi connectivity index (χ3n) is 5.40. The minimum atomic E-state index is -0.341. The molecule has 1 aromatic rings. The van der Waals surface area contributed by atoms with Crippen LogP contribution in [0, 0.1) is 0 Å². The number of carbonyl (C=O) groups excluding carboxylic acids is 2. The molecule has 1 aliphatic carbocycles. The largest absolute Gasteiger partial charge is 0.349 e. The molecule has 4 nitrogen and oxygen atoms in total. The van der Waals surface area contributed by atoms with Crippen molar-refractivity contribution >= 4 is 11.7 Å². The molecule has 2 rings (SSSR count). The first kappa shape index (κ1) is 18.7. The third-order valence-corrected chi connectivity index (χ3v) is 5.40. The topological polar surface area (TPSA) is 72.2 Å². The van der Waals surface area contributed by atoms with Gasteiger partial charge in [0.15, 0.2) is 5.78 Å². The van der Waals surface area contributed by atoms with Gasteiger partial charge in [-0.2, -0.15) is 0 Å². The third kappa shape index (κ3) is 4.44. The van der Waals surface area contributed by atoms with Crippen LogP contribution in [0.2, 0.25) is 0 Å². The van der Waals surface area contributed by atoms with Crippen molar-refractivity contribution in [1.82, 2.24) is 5.32 Å². The Hall–Kier alpha value is -1.68. The Morgan fingerprint density at radius 2 is 1.75 bits per heavy atom. The number of fused-ring (bicyclic) bond motifs is 1. The summed E-state index contributed by atoms with van der Waals surface area (Å²) in [5, 5.41) is 3.02. The van der Waals surface area contributed by atoms with E-state index >= 15 is 0 Å². The predicted octanol–water partition coefficient (Wildman–Crippen LogP) is 3.16. The van der Waals surface area contributed by atoms with E-state index in [1.807, 2.05) is 26.0 Å². The lowest BCUT2D eigenvalue weighted by Gasteiger charge is -2.31. The number of rotatable bonds is 8. The number of benzene rings is 1. The second-order valence-corrected chi connectivity index (χ2v) is 6.85. The van der Waals surface area contributed by atoms with Crippen LogP contribution in [0.15, 0.2) is 18.2 Å². The van der Waals surface area contributed by atoms with Gasteiger partial charge >= 0.3 is 0 Å². The van der Waals surface area contributed by atoms with Crippen LogP contribution in [0.4, 0.5) is 0 Å². The van der Waals surface area contributed by atoms with Crippen molar-refractivity contribution in [2.75, 3.05) is 6.54 Å². The molecule has 0 aromatic heterocycles. The van der Waals surface area contributed by atoms with Crippen LogP contribution in [-0.4, -0.2) is 23.8 Å². The lowest BCUT2D eigenvalue weighted by atomic mass is 9.89. The smallest absolute Gasteiger partial charge is 0.220 e. The lowest BCUT2D eigenvalue weighted by molar-refractivity contribution is -0.123. The first-order valence-corrected chi connectivity index (χ1v) is 9.19. The number of hydrogen-bond acceptors (Lipinski definition) is 3. The number of carbonyl (C=O) groups is 2. The molecule has 0 spiro atoms. The number of nitrogens with one attached hydrogen (secondary N) is 1. The molecule has 4 heteroatoms. The molecule has 132 valence electrons. The summed E-state index contributed by atoms with van der Waals surface area (Å²) >= 11 is 0. The molecule has 0 fully saturated rings. The Kier molecular flexibility index (Phi) is 6.55. The highest BCUT2D eigenvalue weighted by molar-refractivity contribution is 5.98. The summed E-state index contributed by atoms with van der Waals surface area (Å²) in [5.41, 5.74) is 8.87. The minimum Gasteiger partial charge on any atom is -0.349 e. The van der Waals surface area contributed by atoms with Crippen LogP contribution in [0.25, 0.3) is 0 Å². The lowest BCUT2D eigenvalue weighted by Crippen LogP contribution is -2.52. The van der Waals surface area contributed by atoms with Gasteiger partial charge in [0.05, 0.1) is 5.54 Å². The Bertz CT molecular complexity index is 583. The van der Waals surface area contributed by atoms with Crippen molar-refractivity contribution < 1.29 is 9.59 Å². The number of aryl methyl sites for hydroxylation is 2. The zero-order valence-corrected chi connectivity index (χ0v) is 15.0. The van der Waals surface area contributed by atoms with Crippen LogP contribution in [0.3, 0.4) is 0 Å². The van der Waals surface area contributed by atoms with Crippen molar-refractivity contribution in [3.05, 3.63) is 34.9 Å². The summed E-state index contributed by atoms with van der Waals surface area (Å²) < 4.78 is 0. The molecule has 3 N–H and O–H groups in total. The Morgan fingerprint density at radius 3 is 2.38 bits per heavy atom. The molecule has 0 bridgehead atoms. The number of Topliss-reactive ketones (excluding diaryl/α,β-unsaturated/α-hetero) is 1. The van der Waals surface area contributed by atoms with E-state index in [0.717, 1.165) is 31.2 Å². The second kappa shape index (κ2) is 8.43. The van der Waals surface area contributed by atoms with Crippen LogP contribution in [0.5, 0.6) is 0 Å². The Labute approximate surface area is 145 Å². The van der Waals surface area contributed by atoms with E-state index in [1.54, 1.807) is 0 Å². The summed E-state index contributed by atoms with van der Waals surface area (Å²) in [6.45, 7) is 4.47. The van der Waals surface area contributed by atoms with Gasteiger partial charge in [-0.25, -0.2) is 0 Å². The molecule has 1 amide bonds. The number of amides is 1. The quantitative estimate of drug-likeness (QED) is 0.719. The molecule has 1 aromatic carbocycles. The van der Waals surface area contributed by atoms with E-state index in [4.69, 9.17) is 5.73 Å². The first-order chi connectivity index (χ1) is 11.5. The Morgan fingerprint density at radius 1 is 1.08 bits per heavy atom. The molecule has 0 heterocycles. The summed E-state index contributed by atoms with van der Waals surface area (Å²) in [4.78, 5) is 24.6. The van der Waals surface area contributed by atoms with Gasteiger partial charge in [0, 0.05) is 24.9 Å². The van der Waals surface area contributed by atoms with Gasteiger partial charge in [0.1, 0.15) is 0 Å². The fourth-order valence-electron chi connectivity index (χ4n) is 3.40. The molecular weight excluding hydrogens is 300 g/mol. The molecule has 1 aliphatic rings. The molecule has 0 aliphatic heterocycles. The van der Waals surface area contributed by atoms with E-state index in [2.05, 4.69) is 11.4 Å². The molecule has 0 saturated heterocycles. The molecule has 0 saturated carbocycles. The minimum absolute atomic E-state index is 0.0462. The van der Waals surface area contributed by atoms with Crippen molar-refractivity contribution in [3.63, 3.8) is 0 Å². The van der Waals surface area contributed by atoms with Crippen molar-refractivity contribution in [2.45, 2.75) is 70.8 Å². The number of hydrogen-bond donors (Lipinski definition) is 2. The highest BCUT2D eigenvalue weighted by Gasteiger charge is 2.26. The van der Waals surface area contributed by atoms with Gasteiger partial charge in [0.2, 0.25) is 5.91 Å². The van der Waals surface area contributed by atoms with Crippen molar-refractivity contribution in [2.24, 2.45) is 5.73 Å². The zero-order valence-electron chi connectivity index (χ0n) is 15.0. The van der Waals surface area contributed by atoms with E-state index < -0.39 is 0 Å². The molecule has 0 radical (unpaired) electrons. The average molecular weight is 330 g/mol. The Balaban J connectivity index is 1.92. The maximum atomic E-state index is 12.4. The molecule has 0 atom stereocenters. The fraction of sp³-hybridized carbons (Fsp3) is 0.600. The van der Waals surface area contributed by atoms with E-state index in [0.29, 0.717) is 6.54 Å².